The van der Waals surface area contributed by atoms with Crippen molar-refractivity contribution in [3.8, 4) is 5.75 Å². The molecule has 4 nitrogen and oxygen atoms in total. The van der Waals surface area contributed by atoms with Crippen molar-refractivity contribution in [3.63, 3.8) is 0 Å². The summed E-state index contributed by atoms with van der Waals surface area (Å²) in [4.78, 5) is 19.8. The second kappa shape index (κ2) is 6.26. The zero-order chi connectivity index (χ0) is 14.7. The first-order chi connectivity index (χ1) is 10.3. The van der Waals surface area contributed by atoms with Gasteiger partial charge in [-0.1, -0.05) is 18.9 Å². The van der Waals surface area contributed by atoms with Crippen LogP contribution in [0, 0.1) is 0 Å². The summed E-state index contributed by atoms with van der Waals surface area (Å²) in [5, 5.41) is 1.86. The fraction of sp³-hybridized carbons (Fsp3) is 0.375. The number of thiophene rings is 1. The Labute approximate surface area is 128 Å². The van der Waals surface area contributed by atoms with Gasteiger partial charge in [0, 0.05) is 23.7 Å². The third-order valence-electron chi connectivity index (χ3n) is 3.83. The van der Waals surface area contributed by atoms with Gasteiger partial charge in [-0.2, -0.15) is 0 Å². The Bertz CT molecular complexity index is 606. The fourth-order valence-electron chi connectivity index (χ4n) is 2.77. The Kier molecular flexibility index (Phi) is 4.20. The third kappa shape index (κ3) is 2.93. The van der Waals surface area contributed by atoms with E-state index in [0.29, 0.717) is 4.88 Å². The molecule has 21 heavy (non-hydrogen) atoms. The maximum Gasteiger partial charge on any atom is 0.269 e. The monoisotopic (exact) mass is 302 g/mol. The molecule has 0 spiro atoms. The summed E-state index contributed by atoms with van der Waals surface area (Å²) in [6.07, 6.45) is 6.18. The van der Waals surface area contributed by atoms with Crippen LogP contribution in [0.15, 0.2) is 35.8 Å². The van der Waals surface area contributed by atoms with Gasteiger partial charge in [-0.05, 0) is 25.0 Å². The first-order valence-corrected chi connectivity index (χ1v) is 8.04. The SMILES string of the molecule is COc1csc(C(=O)N(c2ccccn2)C2CCCC2)c1. The standard InChI is InChI=1S/C16H18N2O2S/c1-20-13-10-14(21-11-13)16(19)18(12-6-2-3-7-12)15-8-4-5-9-17-15/h4-5,8-12H,2-3,6-7H2,1H3. The smallest absolute Gasteiger partial charge is 0.269 e. The number of ether oxygens (including phenoxy) is 1. The molecule has 1 amide bonds. The number of aromatic nitrogens is 1. The van der Waals surface area contributed by atoms with Gasteiger partial charge in [0.25, 0.3) is 5.91 Å². The fourth-order valence-corrected chi connectivity index (χ4v) is 3.56. The van der Waals surface area contributed by atoms with Crippen molar-refractivity contribution in [2.75, 3.05) is 12.0 Å². The average molecular weight is 302 g/mol. The van der Waals surface area contributed by atoms with Gasteiger partial charge in [-0.3, -0.25) is 9.69 Å². The zero-order valence-electron chi connectivity index (χ0n) is 12.0. The van der Waals surface area contributed by atoms with Crippen molar-refractivity contribution in [2.24, 2.45) is 0 Å². The molecule has 0 aliphatic heterocycles. The van der Waals surface area contributed by atoms with Crippen LogP contribution in [-0.4, -0.2) is 24.0 Å². The van der Waals surface area contributed by atoms with E-state index in [2.05, 4.69) is 4.98 Å². The molecule has 2 aromatic rings. The average Bonchev–Trinajstić information content (AvgIpc) is 3.20. The molecular weight excluding hydrogens is 284 g/mol. The molecule has 0 bridgehead atoms. The number of carbonyl (C=O) groups excluding carboxylic acids is 1. The summed E-state index contributed by atoms with van der Waals surface area (Å²) in [5.74, 6) is 1.49. The molecule has 2 aromatic heterocycles. The Morgan fingerprint density at radius 1 is 1.38 bits per heavy atom. The van der Waals surface area contributed by atoms with Crippen molar-refractivity contribution in [1.29, 1.82) is 0 Å². The molecular formula is C16H18N2O2S. The highest BCUT2D eigenvalue weighted by Crippen LogP contribution is 2.31. The number of nitrogens with zero attached hydrogens (tertiary/aromatic N) is 2. The van der Waals surface area contributed by atoms with E-state index in [1.54, 1.807) is 19.4 Å². The second-order valence-corrected chi connectivity index (χ2v) is 6.06. The quantitative estimate of drug-likeness (QED) is 0.864. The van der Waals surface area contributed by atoms with Crippen molar-refractivity contribution in [2.45, 2.75) is 31.7 Å². The molecule has 0 N–H and O–H groups in total. The number of methoxy groups -OCH3 is 1. The Morgan fingerprint density at radius 3 is 2.81 bits per heavy atom. The molecule has 5 heteroatoms. The van der Waals surface area contributed by atoms with Gasteiger partial charge in [-0.15, -0.1) is 11.3 Å². The van der Waals surface area contributed by atoms with E-state index in [1.807, 2.05) is 28.5 Å². The first-order valence-electron chi connectivity index (χ1n) is 7.16. The summed E-state index contributed by atoms with van der Waals surface area (Å²) in [5.41, 5.74) is 0. The summed E-state index contributed by atoms with van der Waals surface area (Å²) in [7, 11) is 1.61. The predicted molar refractivity (Wildman–Crippen MR) is 84.2 cm³/mol. The van der Waals surface area contributed by atoms with Gasteiger partial charge < -0.3 is 4.74 Å². The number of rotatable bonds is 4. The maximum atomic E-state index is 12.9. The van der Waals surface area contributed by atoms with E-state index in [1.165, 1.54) is 24.2 Å². The van der Waals surface area contributed by atoms with E-state index in [0.717, 1.165) is 24.4 Å². The molecule has 0 atom stereocenters. The molecule has 3 rings (SSSR count). The van der Waals surface area contributed by atoms with Crippen molar-refractivity contribution < 1.29 is 9.53 Å². The lowest BCUT2D eigenvalue weighted by Crippen LogP contribution is -2.39. The van der Waals surface area contributed by atoms with E-state index in [4.69, 9.17) is 4.74 Å². The number of amides is 1. The van der Waals surface area contributed by atoms with Gasteiger partial charge >= 0.3 is 0 Å². The highest BCUT2D eigenvalue weighted by Gasteiger charge is 2.30. The minimum atomic E-state index is 0.0221. The largest absolute Gasteiger partial charge is 0.496 e. The van der Waals surface area contributed by atoms with Gasteiger partial charge in [-0.25, -0.2) is 4.98 Å². The third-order valence-corrected chi connectivity index (χ3v) is 4.72. The Morgan fingerprint density at radius 2 is 2.19 bits per heavy atom. The van der Waals surface area contributed by atoms with Crippen LogP contribution < -0.4 is 9.64 Å². The lowest BCUT2D eigenvalue weighted by atomic mass is 10.2. The van der Waals surface area contributed by atoms with Crippen molar-refractivity contribution in [1.82, 2.24) is 4.98 Å². The number of anilines is 1. The molecule has 110 valence electrons. The van der Waals surface area contributed by atoms with Crippen molar-refractivity contribution in [3.05, 3.63) is 40.7 Å². The Hall–Kier alpha value is -1.88. The highest BCUT2D eigenvalue weighted by atomic mass is 32.1. The molecule has 0 unspecified atom stereocenters. The number of pyridine rings is 1. The number of carbonyl (C=O) groups is 1. The van der Waals surface area contributed by atoms with Crippen LogP contribution in [0.3, 0.4) is 0 Å². The summed E-state index contributed by atoms with van der Waals surface area (Å²) < 4.78 is 5.18. The van der Waals surface area contributed by atoms with Crippen LogP contribution in [0.1, 0.15) is 35.4 Å². The zero-order valence-corrected chi connectivity index (χ0v) is 12.8. The molecule has 2 heterocycles. The van der Waals surface area contributed by atoms with Crippen molar-refractivity contribution >= 4 is 23.1 Å². The van der Waals surface area contributed by atoms with Gasteiger partial charge in [0.05, 0.1) is 12.0 Å². The summed E-state index contributed by atoms with van der Waals surface area (Å²) in [6.45, 7) is 0. The lowest BCUT2D eigenvalue weighted by molar-refractivity contribution is 0.0979. The van der Waals surface area contributed by atoms with E-state index in [9.17, 15) is 4.79 Å². The summed E-state index contributed by atoms with van der Waals surface area (Å²) in [6, 6.07) is 7.75. The van der Waals surface area contributed by atoms with Gasteiger partial charge in [0.15, 0.2) is 0 Å². The molecule has 0 saturated heterocycles. The minimum Gasteiger partial charge on any atom is -0.496 e. The van der Waals surface area contributed by atoms with Crippen LogP contribution in [-0.2, 0) is 0 Å². The molecule has 1 aliphatic carbocycles. The predicted octanol–water partition coefficient (Wildman–Crippen LogP) is 3.74. The van der Waals surface area contributed by atoms with Crippen LogP contribution in [0.2, 0.25) is 0 Å². The normalized spacial score (nSPS) is 15.1. The molecule has 1 saturated carbocycles. The number of hydrogen-bond acceptors (Lipinski definition) is 4. The van der Waals surface area contributed by atoms with E-state index < -0.39 is 0 Å². The molecule has 1 aliphatic rings. The molecule has 0 aromatic carbocycles. The molecule has 0 radical (unpaired) electrons. The van der Waals surface area contributed by atoms with E-state index >= 15 is 0 Å². The number of hydrogen-bond donors (Lipinski definition) is 0. The van der Waals surface area contributed by atoms with Crippen LogP contribution in [0.25, 0.3) is 0 Å². The van der Waals surface area contributed by atoms with Crippen LogP contribution >= 0.6 is 11.3 Å². The van der Waals surface area contributed by atoms with Crippen LogP contribution in [0.5, 0.6) is 5.75 Å². The van der Waals surface area contributed by atoms with Crippen LogP contribution in [0.4, 0.5) is 5.82 Å². The highest BCUT2D eigenvalue weighted by molar-refractivity contribution is 7.12. The Balaban J connectivity index is 1.92. The van der Waals surface area contributed by atoms with Gasteiger partial charge in [0.1, 0.15) is 11.6 Å². The second-order valence-electron chi connectivity index (χ2n) is 5.15. The first kappa shape index (κ1) is 14.1. The lowest BCUT2D eigenvalue weighted by Gasteiger charge is -2.27. The maximum absolute atomic E-state index is 12.9. The van der Waals surface area contributed by atoms with E-state index in [-0.39, 0.29) is 11.9 Å². The molecule has 1 fully saturated rings. The summed E-state index contributed by atoms with van der Waals surface area (Å²) >= 11 is 1.42. The van der Waals surface area contributed by atoms with Gasteiger partial charge in [0.2, 0.25) is 0 Å². The minimum absolute atomic E-state index is 0.0221. The topological polar surface area (TPSA) is 42.4 Å².